The molecule has 0 amide bonds. The van der Waals surface area contributed by atoms with Crippen LogP contribution < -0.4 is 5.56 Å². The SMILES string of the molecule is CCOC(=O)C[C@H](CCC(=O)[C@H](CC(C)C)n1nc(CCN2CCC2)c(C2CC2)cc1=O)c1cc(-c2c(C)cc(C)cc2C)cc(C)c1F. The molecule has 0 radical (unpaired) electrons. The van der Waals surface area contributed by atoms with Gasteiger partial charge in [-0.15, -0.1) is 0 Å². The summed E-state index contributed by atoms with van der Waals surface area (Å²) in [6.07, 6.45) is 4.85. The molecule has 3 aromatic rings. The van der Waals surface area contributed by atoms with Crippen molar-refractivity contribution < 1.29 is 18.7 Å². The first-order chi connectivity index (χ1) is 23.4. The van der Waals surface area contributed by atoms with Gasteiger partial charge in [0.15, 0.2) is 5.78 Å². The van der Waals surface area contributed by atoms with E-state index in [0.717, 1.165) is 78.0 Å². The molecule has 2 atom stereocenters. The summed E-state index contributed by atoms with van der Waals surface area (Å²) in [5.74, 6) is -0.977. The first-order valence-electron chi connectivity index (χ1n) is 18.3. The fraction of sp³-hybridized carbons (Fsp3) is 0.561. The van der Waals surface area contributed by atoms with Crippen LogP contribution in [0.15, 0.2) is 35.1 Å². The van der Waals surface area contributed by atoms with E-state index < -0.39 is 17.9 Å². The molecule has 264 valence electrons. The Labute approximate surface area is 291 Å². The van der Waals surface area contributed by atoms with Crippen molar-refractivity contribution in [3.63, 3.8) is 0 Å². The third kappa shape index (κ3) is 8.94. The molecule has 1 saturated carbocycles. The van der Waals surface area contributed by atoms with Crippen molar-refractivity contribution in [2.75, 3.05) is 26.2 Å². The lowest BCUT2D eigenvalue weighted by Crippen LogP contribution is -2.39. The lowest BCUT2D eigenvalue weighted by Gasteiger charge is -2.30. The first kappa shape index (κ1) is 36.6. The molecule has 2 fully saturated rings. The topological polar surface area (TPSA) is 81.5 Å². The van der Waals surface area contributed by atoms with E-state index in [2.05, 4.69) is 37.8 Å². The summed E-state index contributed by atoms with van der Waals surface area (Å²) in [4.78, 5) is 43.1. The molecule has 0 unspecified atom stereocenters. The Hall–Kier alpha value is -3.65. The van der Waals surface area contributed by atoms with Crippen LogP contribution >= 0.6 is 0 Å². The summed E-state index contributed by atoms with van der Waals surface area (Å²) in [6.45, 7) is 17.0. The second-order valence-electron chi connectivity index (χ2n) is 14.9. The zero-order valence-corrected chi connectivity index (χ0v) is 30.5. The summed E-state index contributed by atoms with van der Waals surface area (Å²) >= 11 is 0. The van der Waals surface area contributed by atoms with E-state index in [4.69, 9.17) is 9.84 Å². The molecule has 1 saturated heterocycles. The molecule has 0 bridgehead atoms. The minimum Gasteiger partial charge on any atom is -0.466 e. The molecular formula is C41H54FN3O4. The highest BCUT2D eigenvalue weighted by molar-refractivity contribution is 5.83. The molecule has 1 aliphatic heterocycles. The third-order valence-corrected chi connectivity index (χ3v) is 10.2. The monoisotopic (exact) mass is 671 g/mol. The van der Waals surface area contributed by atoms with Gasteiger partial charge in [-0.1, -0.05) is 31.5 Å². The lowest BCUT2D eigenvalue weighted by atomic mass is 9.84. The van der Waals surface area contributed by atoms with Gasteiger partial charge in [0.25, 0.3) is 5.56 Å². The zero-order chi connectivity index (χ0) is 35.4. The number of Topliss-reactive ketones (excluding diaryl/α,β-unsaturated/α-hetero) is 1. The van der Waals surface area contributed by atoms with Crippen LogP contribution in [0.5, 0.6) is 0 Å². The summed E-state index contributed by atoms with van der Waals surface area (Å²) in [5, 5.41) is 4.91. The number of aryl methyl sites for hydroxylation is 4. The first-order valence-corrected chi connectivity index (χ1v) is 18.3. The van der Waals surface area contributed by atoms with Crippen LogP contribution in [-0.2, 0) is 20.7 Å². The fourth-order valence-electron chi connectivity index (χ4n) is 7.51. The Morgan fingerprint density at radius 1 is 1.00 bits per heavy atom. The van der Waals surface area contributed by atoms with E-state index in [-0.39, 0.29) is 48.9 Å². The predicted octanol–water partition coefficient (Wildman–Crippen LogP) is 8.08. The van der Waals surface area contributed by atoms with E-state index in [1.165, 1.54) is 11.1 Å². The van der Waals surface area contributed by atoms with Crippen molar-refractivity contribution in [2.45, 2.75) is 118 Å². The number of halogens is 1. The molecule has 5 rings (SSSR count). The number of carbonyl (C=O) groups excluding carboxylic acids is 2. The van der Waals surface area contributed by atoms with Crippen LogP contribution in [0.2, 0.25) is 0 Å². The molecule has 1 aromatic heterocycles. The molecule has 1 aliphatic carbocycles. The maximum absolute atomic E-state index is 16.0. The standard InChI is InChI=1S/C41H54FN3O4/c1-8-49-39(48)23-31(34-22-32(21-29(7)41(34)42)40-27(5)19-26(4)20-28(40)6)12-13-37(46)36(18-25(2)3)45-38(47)24-33(30-10-11-30)35(43-45)14-17-44-15-9-16-44/h19-22,24-25,30-31,36H,8-18,23H2,1-7H3/t31-,36-/m0/s1. The fourth-order valence-corrected chi connectivity index (χ4v) is 7.51. The minimum atomic E-state index is -0.734. The number of carbonyl (C=O) groups is 2. The summed E-state index contributed by atoms with van der Waals surface area (Å²) in [5.41, 5.74) is 7.90. The number of hydrogen-bond acceptors (Lipinski definition) is 6. The molecule has 2 aliphatic rings. The number of likely N-dealkylation sites (tertiary alicyclic amines) is 1. The zero-order valence-electron chi connectivity index (χ0n) is 30.5. The molecule has 2 heterocycles. The van der Waals surface area contributed by atoms with Gasteiger partial charge in [-0.3, -0.25) is 14.4 Å². The van der Waals surface area contributed by atoms with Crippen LogP contribution in [0.1, 0.15) is 123 Å². The summed E-state index contributed by atoms with van der Waals surface area (Å²) in [6, 6.07) is 8.93. The average Bonchev–Trinajstić information content (AvgIpc) is 3.84. The summed E-state index contributed by atoms with van der Waals surface area (Å²) < 4.78 is 22.8. The Balaban J connectivity index is 1.46. The molecule has 2 aromatic carbocycles. The van der Waals surface area contributed by atoms with E-state index in [0.29, 0.717) is 23.5 Å². The van der Waals surface area contributed by atoms with Gasteiger partial charge in [0, 0.05) is 25.5 Å². The Morgan fingerprint density at radius 3 is 2.29 bits per heavy atom. The van der Waals surface area contributed by atoms with Crippen LogP contribution in [0, 0.1) is 39.4 Å². The van der Waals surface area contributed by atoms with Gasteiger partial charge in [-0.05, 0) is 149 Å². The van der Waals surface area contributed by atoms with Gasteiger partial charge in [0.1, 0.15) is 11.9 Å². The normalized spacial score (nSPS) is 16.0. The quantitative estimate of drug-likeness (QED) is 0.143. The molecular weight excluding hydrogens is 617 g/mol. The minimum absolute atomic E-state index is 0.0451. The number of nitrogens with zero attached hydrogens (tertiary/aromatic N) is 3. The number of benzene rings is 2. The van der Waals surface area contributed by atoms with Crippen molar-refractivity contribution in [1.29, 1.82) is 0 Å². The highest BCUT2D eigenvalue weighted by Crippen LogP contribution is 2.41. The number of hydrogen-bond donors (Lipinski definition) is 0. The van der Waals surface area contributed by atoms with Gasteiger partial charge in [0.2, 0.25) is 0 Å². The van der Waals surface area contributed by atoms with E-state index >= 15 is 4.39 Å². The number of ketones is 1. The third-order valence-electron chi connectivity index (χ3n) is 10.2. The highest BCUT2D eigenvalue weighted by atomic mass is 19.1. The second-order valence-corrected chi connectivity index (χ2v) is 14.9. The van der Waals surface area contributed by atoms with Crippen LogP contribution in [0.4, 0.5) is 4.39 Å². The van der Waals surface area contributed by atoms with Gasteiger partial charge >= 0.3 is 5.97 Å². The Morgan fingerprint density at radius 2 is 1.69 bits per heavy atom. The number of rotatable bonds is 16. The van der Waals surface area contributed by atoms with Crippen molar-refractivity contribution in [2.24, 2.45) is 5.92 Å². The molecule has 49 heavy (non-hydrogen) atoms. The molecule has 7 nitrogen and oxygen atoms in total. The second kappa shape index (κ2) is 15.9. The Kier molecular flexibility index (Phi) is 11.9. The van der Waals surface area contributed by atoms with Crippen molar-refractivity contribution in [3.05, 3.63) is 85.6 Å². The smallest absolute Gasteiger partial charge is 0.306 e. The van der Waals surface area contributed by atoms with Crippen molar-refractivity contribution in [1.82, 2.24) is 14.7 Å². The van der Waals surface area contributed by atoms with E-state index in [9.17, 15) is 14.4 Å². The maximum atomic E-state index is 16.0. The molecule has 8 heteroatoms. The van der Waals surface area contributed by atoms with Crippen molar-refractivity contribution in [3.8, 4) is 11.1 Å². The predicted molar refractivity (Wildman–Crippen MR) is 193 cm³/mol. The van der Waals surface area contributed by atoms with E-state index in [1.54, 1.807) is 19.9 Å². The molecule has 0 spiro atoms. The number of esters is 1. The number of aromatic nitrogens is 2. The highest BCUT2D eigenvalue weighted by Gasteiger charge is 2.32. The lowest BCUT2D eigenvalue weighted by molar-refractivity contribution is -0.143. The summed E-state index contributed by atoms with van der Waals surface area (Å²) in [7, 11) is 0. The largest absolute Gasteiger partial charge is 0.466 e. The van der Waals surface area contributed by atoms with Crippen molar-refractivity contribution >= 4 is 11.8 Å². The average molecular weight is 672 g/mol. The maximum Gasteiger partial charge on any atom is 0.306 e. The van der Waals surface area contributed by atoms with Gasteiger partial charge in [-0.25, -0.2) is 9.07 Å². The molecule has 0 N–H and O–H groups in total. The van der Waals surface area contributed by atoms with Gasteiger partial charge < -0.3 is 9.64 Å². The van der Waals surface area contributed by atoms with Crippen LogP contribution in [0.3, 0.4) is 0 Å². The van der Waals surface area contributed by atoms with E-state index in [1.807, 2.05) is 26.0 Å². The van der Waals surface area contributed by atoms with Gasteiger partial charge in [0.05, 0.1) is 18.7 Å². The number of ether oxygens (including phenoxy) is 1. The van der Waals surface area contributed by atoms with Gasteiger partial charge in [-0.2, -0.15) is 5.10 Å². The van der Waals surface area contributed by atoms with Crippen LogP contribution in [0.25, 0.3) is 11.1 Å². The Bertz CT molecular complexity index is 1710. The van der Waals surface area contributed by atoms with Crippen LogP contribution in [-0.4, -0.2) is 52.7 Å².